The molecule has 2 aromatic carbocycles. The minimum atomic E-state index is -0.395. The number of nitrogens with zero attached hydrogens (tertiary/aromatic N) is 2. The molecule has 0 fully saturated rings. The number of ether oxygens (including phenoxy) is 1. The van der Waals surface area contributed by atoms with E-state index in [1.165, 1.54) is 28.3 Å². The summed E-state index contributed by atoms with van der Waals surface area (Å²) in [5.41, 5.74) is 1.63. The molecule has 0 aliphatic carbocycles. The van der Waals surface area contributed by atoms with Gasteiger partial charge in [0.1, 0.15) is 22.8 Å². The van der Waals surface area contributed by atoms with Gasteiger partial charge in [-0.1, -0.05) is 18.2 Å². The van der Waals surface area contributed by atoms with Gasteiger partial charge in [0.15, 0.2) is 0 Å². The SMILES string of the molecule is COc1ccc(-c2cc3ncn(CC(=O)NCc4ccccc4F)c(=O)c3s2)cc1. The van der Waals surface area contributed by atoms with Gasteiger partial charge in [-0.15, -0.1) is 11.3 Å². The van der Waals surface area contributed by atoms with Gasteiger partial charge in [-0.25, -0.2) is 9.37 Å². The number of carbonyl (C=O) groups is 1. The van der Waals surface area contributed by atoms with E-state index in [1.54, 1.807) is 25.3 Å². The molecule has 0 aliphatic heterocycles. The zero-order valence-electron chi connectivity index (χ0n) is 16.1. The monoisotopic (exact) mass is 423 g/mol. The Hall–Kier alpha value is -3.52. The van der Waals surface area contributed by atoms with Crippen molar-refractivity contribution in [2.75, 3.05) is 7.11 Å². The third-order valence-electron chi connectivity index (χ3n) is 4.63. The van der Waals surface area contributed by atoms with Crippen LogP contribution in [0.3, 0.4) is 0 Å². The van der Waals surface area contributed by atoms with E-state index in [1.807, 2.05) is 30.3 Å². The van der Waals surface area contributed by atoms with Gasteiger partial charge >= 0.3 is 0 Å². The fourth-order valence-corrected chi connectivity index (χ4v) is 4.07. The summed E-state index contributed by atoms with van der Waals surface area (Å²) in [4.78, 5) is 30.3. The Morgan fingerprint density at radius 2 is 1.97 bits per heavy atom. The van der Waals surface area contributed by atoms with Gasteiger partial charge in [0.05, 0.1) is 19.0 Å². The lowest BCUT2D eigenvalue weighted by Gasteiger charge is -2.07. The number of aromatic nitrogens is 2. The Balaban J connectivity index is 1.52. The summed E-state index contributed by atoms with van der Waals surface area (Å²) in [6, 6.07) is 15.6. The number of hydrogen-bond acceptors (Lipinski definition) is 5. The van der Waals surface area contributed by atoms with Crippen LogP contribution in [-0.4, -0.2) is 22.6 Å². The second kappa shape index (κ2) is 8.46. The van der Waals surface area contributed by atoms with Crippen molar-refractivity contribution in [3.05, 3.63) is 82.7 Å². The molecule has 0 saturated carbocycles. The number of nitrogens with one attached hydrogen (secondary N) is 1. The van der Waals surface area contributed by atoms with Gasteiger partial charge in [0.2, 0.25) is 5.91 Å². The third-order valence-corrected chi connectivity index (χ3v) is 5.79. The van der Waals surface area contributed by atoms with E-state index >= 15 is 0 Å². The number of hydrogen-bond donors (Lipinski definition) is 1. The van der Waals surface area contributed by atoms with E-state index in [0.717, 1.165) is 16.2 Å². The van der Waals surface area contributed by atoms with E-state index in [4.69, 9.17) is 4.74 Å². The highest BCUT2D eigenvalue weighted by Gasteiger charge is 2.13. The van der Waals surface area contributed by atoms with Crippen LogP contribution in [0.25, 0.3) is 20.7 Å². The van der Waals surface area contributed by atoms with Crippen molar-refractivity contribution < 1.29 is 13.9 Å². The first-order valence-corrected chi connectivity index (χ1v) is 10.0. The predicted molar refractivity (Wildman–Crippen MR) is 114 cm³/mol. The number of benzene rings is 2. The van der Waals surface area contributed by atoms with Crippen LogP contribution in [0.2, 0.25) is 0 Å². The van der Waals surface area contributed by atoms with Crippen LogP contribution in [0.5, 0.6) is 5.75 Å². The van der Waals surface area contributed by atoms with Gasteiger partial charge in [0.25, 0.3) is 5.56 Å². The fraction of sp³-hybridized carbons (Fsp3) is 0.136. The Morgan fingerprint density at radius 3 is 2.70 bits per heavy atom. The molecule has 152 valence electrons. The highest BCUT2D eigenvalue weighted by atomic mass is 32.1. The van der Waals surface area contributed by atoms with Gasteiger partial charge in [0, 0.05) is 17.0 Å². The normalized spacial score (nSPS) is 10.9. The standard InChI is InChI=1S/C22H18FN3O3S/c1-29-16-8-6-14(7-9-16)19-10-18-21(30-19)22(28)26(13-25-18)12-20(27)24-11-15-4-2-3-5-17(15)23/h2-10,13H,11-12H2,1H3,(H,24,27). The van der Waals surface area contributed by atoms with E-state index in [-0.39, 0.29) is 24.5 Å². The Kier molecular flexibility index (Phi) is 5.58. The van der Waals surface area contributed by atoms with Gasteiger partial charge in [-0.05, 0) is 42.0 Å². The van der Waals surface area contributed by atoms with Crippen molar-refractivity contribution in [3.8, 4) is 16.2 Å². The summed E-state index contributed by atoms with van der Waals surface area (Å²) in [5, 5.41) is 2.63. The summed E-state index contributed by atoms with van der Waals surface area (Å²) in [6.45, 7) is -0.136. The van der Waals surface area contributed by atoms with Crippen molar-refractivity contribution in [2.45, 2.75) is 13.1 Å². The molecule has 1 N–H and O–H groups in total. The van der Waals surface area contributed by atoms with Gasteiger partial charge < -0.3 is 10.1 Å². The second-order valence-corrected chi connectivity index (χ2v) is 7.65. The van der Waals surface area contributed by atoms with Crippen LogP contribution in [0.1, 0.15) is 5.56 Å². The van der Waals surface area contributed by atoms with Crippen molar-refractivity contribution in [1.82, 2.24) is 14.9 Å². The number of methoxy groups -OCH3 is 1. The van der Waals surface area contributed by atoms with Crippen molar-refractivity contribution in [2.24, 2.45) is 0 Å². The van der Waals surface area contributed by atoms with Crippen LogP contribution in [0, 0.1) is 5.82 Å². The largest absolute Gasteiger partial charge is 0.497 e. The molecule has 0 unspecified atom stereocenters. The van der Waals surface area contributed by atoms with Crippen LogP contribution < -0.4 is 15.6 Å². The quantitative estimate of drug-likeness (QED) is 0.514. The molecule has 0 saturated heterocycles. The maximum atomic E-state index is 13.7. The molecule has 4 aromatic rings. The molecule has 0 bridgehead atoms. The average Bonchev–Trinajstić information content (AvgIpc) is 3.20. The Bertz CT molecular complexity index is 1260. The number of rotatable bonds is 6. The van der Waals surface area contributed by atoms with Crippen LogP contribution >= 0.6 is 11.3 Å². The molecule has 0 spiro atoms. The van der Waals surface area contributed by atoms with Crippen LogP contribution in [0.15, 0.2) is 65.7 Å². The molecular formula is C22H18FN3O3S. The molecule has 30 heavy (non-hydrogen) atoms. The zero-order chi connectivity index (χ0) is 21.1. The summed E-state index contributed by atoms with van der Waals surface area (Å²) in [5.74, 6) is -0.0297. The first kappa shape index (κ1) is 19.8. The smallest absolute Gasteiger partial charge is 0.271 e. The molecule has 2 aromatic heterocycles. The molecule has 1 amide bonds. The minimum absolute atomic E-state index is 0.0521. The van der Waals surface area contributed by atoms with E-state index < -0.39 is 5.91 Å². The average molecular weight is 423 g/mol. The first-order valence-electron chi connectivity index (χ1n) is 9.18. The van der Waals surface area contributed by atoms with Crippen LogP contribution in [0.4, 0.5) is 4.39 Å². The molecule has 0 aliphatic rings. The summed E-state index contributed by atoms with van der Waals surface area (Å²) >= 11 is 1.33. The number of amides is 1. The van der Waals surface area contributed by atoms with Gasteiger partial charge in [-0.3, -0.25) is 14.2 Å². The van der Waals surface area contributed by atoms with E-state index in [9.17, 15) is 14.0 Å². The second-order valence-electron chi connectivity index (χ2n) is 6.60. The number of carbonyl (C=O) groups excluding carboxylic acids is 1. The summed E-state index contributed by atoms with van der Waals surface area (Å²) < 4.78 is 20.6. The molecular weight excluding hydrogens is 405 g/mol. The van der Waals surface area contributed by atoms with Crippen molar-refractivity contribution in [3.63, 3.8) is 0 Å². The lowest BCUT2D eigenvalue weighted by Crippen LogP contribution is -2.32. The first-order chi connectivity index (χ1) is 14.5. The molecule has 0 radical (unpaired) electrons. The predicted octanol–water partition coefficient (Wildman–Crippen LogP) is 3.59. The van der Waals surface area contributed by atoms with Crippen molar-refractivity contribution in [1.29, 1.82) is 0 Å². The Morgan fingerprint density at radius 1 is 1.20 bits per heavy atom. The van der Waals surface area contributed by atoms with Gasteiger partial charge in [-0.2, -0.15) is 0 Å². The Labute approximate surface area is 175 Å². The molecule has 8 heteroatoms. The highest BCUT2D eigenvalue weighted by molar-refractivity contribution is 7.22. The number of thiophene rings is 1. The number of halogens is 1. The third kappa shape index (κ3) is 4.08. The minimum Gasteiger partial charge on any atom is -0.497 e. The fourth-order valence-electron chi connectivity index (χ4n) is 3.00. The summed E-state index contributed by atoms with van der Waals surface area (Å²) in [7, 11) is 1.60. The lowest BCUT2D eigenvalue weighted by molar-refractivity contribution is -0.121. The molecule has 0 atom stereocenters. The topological polar surface area (TPSA) is 73.2 Å². The molecule has 6 nitrogen and oxygen atoms in total. The van der Waals surface area contributed by atoms with E-state index in [0.29, 0.717) is 15.8 Å². The van der Waals surface area contributed by atoms with E-state index in [2.05, 4.69) is 10.3 Å². The van der Waals surface area contributed by atoms with Crippen molar-refractivity contribution >= 4 is 27.5 Å². The lowest BCUT2D eigenvalue weighted by atomic mass is 10.2. The maximum absolute atomic E-state index is 13.7. The molecule has 2 heterocycles. The number of fused-ring (bicyclic) bond motifs is 1. The highest BCUT2D eigenvalue weighted by Crippen LogP contribution is 2.31. The molecule has 4 rings (SSSR count). The van der Waals surface area contributed by atoms with Crippen LogP contribution in [-0.2, 0) is 17.9 Å². The maximum Gasteiger partial charge on any atom is 0.271 e. The zero-order valence-corrected chi connectivity index (χ0v) is 16.9. The summed E-state index contributed by atoms with van der Waals surface area (Å²) in [6.07, 6.45) is 1.36.